The van der Waals surface area contributed by atoms with E-state index in [9.17, 15) is 0 Å². The second-order valence-electron chi connectivity index (χ2n) is 3.44. The number of nitrogens with zero attached hydrogens (tertiary/aromatic N) is 3. The van der Waals surface area contributed by atoms with Crippen LogP contribution in [0.15, 0.2) is 23.4 Å². The summed E-state index contributed by atoms with van der Waals surface area (Å²) < 4.78 is 2.06. The van der Waals surface area contributed by atoms with Gasteiger partial charge in [-0.05, 0) is 6.42 Å². The molecule has 0 saturated carbocycles. The summed E-state index contributed by atoms with van der Waals surface area (Å²) >= 11 is 1.61. The molecule has 0 aliphatic carbocycles. The molecule has 2 heterocycles. The summed E-state index contributed by atoms with van der Waals surface area (Å²) in [4.78, 5) is 8.38. The van der Waals surface area contributed by atoms with Gasteiger partial charge in [-0.15, -0.1) is 11.3 Å². The third-order valence-electron chi connectivity index (χ3n) is 2.38. The number of aromatic nitrogens is 3. The molecule has 0 bridgehead atoms. The van der Waals surface area contributed by atoms with Gasteiger partial charge in [0.2, 0.25) is 0 Å². The smallest absolute Gasteiger partial charge is 0.0952 e. The van der Waals surface area contributed by atoms with Crippen molar-refractivity contribution in [2.45, 2.75) is 25.9 Å². The normalized spacial score (nSPS) is 12.9. The van der Waals surface area contributed by atoms with Crippen LogP contribution in [-0.4, -0.2) is 14.5 Å². The van der Waals surface area contributed by atoms with Gasteiger partial charge < -0.3 is 10.3 Å². The molecule has 0 aliphatic rings. The molecule has 2 aromatic rings. The Labute approximate surface area is 92.8 Å². The largest absolute Gasteiger partial charge is 0.327 e. The predicted octanol–water partition coefficient (Wildman–Crippen LogP) is 1.80. The van der Waals surface area contributed by atoms with Gasteiger partial charge in [-0.25, -0.2) is 9.97 Å². The number of nitrogens with two attached hydrogens (primary N) is 1. The van der Waals surface area contributed by atoms with Crippen molar-refractivity contribution in [3.8, 4) is 0 Å². The molecule has 0 unspecified atom stereocenters. The lowest BCUT2D eigenvalue weighted by atomic mass is 10.2. The average molecular weight is 222 g/mol. The van der Waals surface area contributed by atoms with Gasteiger partial charge in [-0.1, -0.05) is 6.92 Å². The zero-order valence-electron chi connectivity index (χ0n) is 8.63. The SMILES string of the molecule is CC[C@@H](N)c1cncn1Cc1cscn1. The lowest BCUT2D eigenvalue weighted by Gasteiger charge is -2.11. The summed E-state index contributed by atoms with van der Waals surface area (Å²) in [7, 11) is 0. The fourth-order valence-electron chi connectivity index (χ4n) is 1.47. The van der Waals surface area contributed by atoms with Crippen LogP contribution in [0.2, 0.25) is 0 Å². The number of thiazole rings is 1. The van der Waals surface area contributed by atoms with E-state index < -0.39 is 0 Å². The molecule has 0 aromatic carbocycles. The maximum Gasteiger partial charge on any atom is 0.0952 e. The molecule has 0 amide bonds. The minimum absolute atomic E-state index is 0.0612. The molecule has 0 radical (unpaired) electrons. The first-order valence-electron chi connectivity index (χ1n) is 4.94. The van der Waals surface area contributed by atoms with Crippen molar-refractivity contribution in [1.29, 1.82) is 0 Å². The highest BCUT2D eigenvalue weighted by atomic mass is 32.1. The van der Waals surface area contributed by atoms with Gasteiger partial charge in [-0.3, -0.25) is 0 Å². The minimum Gasteiger partial charge on any atom is -0.327 e. The van der Waals surface area contributed by atoms with E-state index in [1.807, 2.05) is 23.4 Å². The van der Waals surface area contributed by atoms with Crippen LogP contribution in [0.5, 0.6) is 0 Å². The highest BCUT2D eigenvalue weighted by Gasteiger charge is 2.09. The molecule has 4 nitrogen and oxygen atoms in total. The van der Waals surface area contributed by atoms with Crippen molar-refractivity contribution in [3.63, 3.8) is 0 Å². The Hall–Kier alpha value is -1.20. The molecule has 5 heteroatoms. The molecule has 1 atom stereocenters. The topological polar surface area (TPSA) is 56.7 Å². The van der Waals surface area contributed by atoms with Gasteiger partial charge in [-0.2, -0.15) is 0 Å². The van der Waals surface area contributed by atoms with E-state index in [2.05, 4.69) is 21.5 Å². The third-order valence-corrected chi connectivity index (χ3v) is 3.02. The summed E-state index contributed by atoms with van der Waals surface area (Å²) in [5, 5.41) is 2.04. The van der Waals surface area contributed by atoms with E-state index >= 15 is 0 Å². The summed E-state index contributed by atoms with van der Waals surface area (Å²) in [6, 6.07) is 0.0612. The molecule has 15 heavy (non-hydrogen) atoms. The number of hydrogen-bond donors (Lipinski definition) is 1. The van der Waals surface area contributed by atoms with Crippen LogP contribution in [0, 0.1) is 0 Å². The van der Waals surface area contributed by atoms with Gasteiger partial charge >= 0.3 is 0 Å². The first-order chi connectivity index (χ1) is 7.31. The highest BCUT2D eigenvalue weighted by Crippen LogP contribution is 2.14. The minimum atomic E-state index is 0.0612. The summed E-state index contributed by atoms with van der Waals surface area (Å²) in [5.41, 5.74) is 9.96. The number of imidazole rings is 1. The van der Waals surface area contributed by atoms with E-state index in [4.69, 9.17) is 5.73 Å². The quantitative estimate of drug-likeness (QED) is 0.858. The van der Waals surface area contributed by atoms with E-state index in [0.29, 0.717) is 0 Å². The van der Waals surface area contributed by atoms with Crippen molar-refractivity contribution in [1.82, 2.24) is 14.5 Å². The molecule has 0 aliphatic heterocycles. The first kappa shape index (κ1) is 10.3. The predicted molar refractivity (Wildman–Crippen MR) is 60.7 cm³/mol. The monoisotopic (exact) mass is 222 g/mol. The van der Waals surface area contributed by atoms with E-state index in [1.165, 1.54) is 0 Å². The Morgan fingerprint density at radius 1 is 1.60 bits per heavy atom. The van der Waals surface area contributed by atoms with Crippen LogP contribution in [0.4, 0.5) is 0 Å². The van der Waals surface area contributed by atoms with Gasteiger partial charge in [0.1, 0.15) is 0 Å². The molecule has 80 valence electrons. The third kappa shape index (κ3) is 2.24. The second-order valence-corrected chi connectivity index (χ2v) is 4.16. The Morgan fingerprint density at radius 2 is 2.47 bits per heavy atom. The van der Waals surface area contributed by atoms with Crippen LogP contribution >= 0.6 is 11.3 Å². The Morgan fingerprint density at radius 3 is 3.13 bits per heavy atom. The van der Waals surface area contributed by atoms with Crippen LogP contribution in [0.1, 0.15) is 30.8 Å². The molecular weight excluding hydrogens is 208 g/mol. The van der Waals surface area contributed by atoms with Crippen LogP contribution in [0.3, 0.4) is 0 Å². The fraction of sp³-hybridized carbons (Fsp3) is 0.400. The van der Waals surface area contributed by atoms with E-state index in [-0.39, 0.29) is 6.04 Å². The van der Waals surface area contributed by atoms with E-state index in [1.54, 1.807) is 11.3 Å². The van der Waals surface area contributed by atoms with Gasteiger partial charge in [0.25, 0.3) is 0 Å². The average Bonchev–Trinajstić information content (AvgIpc) is 2.88. The van der Waals surface area contributed by atoms with Gasteiger partial charge in [0.15, 0.2) is 0 Å². The van der Waals surface area contributed by atoms with E-state index in [0.717, 1.165) is 24.4 Å². The van der Waals surface area contributed by atoms with Gasteiger partial charge in [0, 0.05) is 17.6 Å². The van der Waals surface area contributed by atoms with Crippen molar-refractivity contribution in [2.75, 3.05) is 0 Å². The molecule has 2 N–H and O–H groups in total. The summed E-state index contributed by atoms with van der Waals surface area (Å²) in [5.74, 6) is 0. The lowest BCUT2D eigenvalue weighted by molar-refractivity contribution is 0.615. The zero-order chi connectivity index (χ0) is 10.7. The van der Waals surface area contributed by atoms with Crippen molar-refractivity contribution in [2.24, 2.45) is 5.73 Å². The molecule has 0 saturated heterocycles. The van der Waals surface area contributed by atoms with Crippen LogP contribution < -0.4 is 5.73 Å². The van der Waals surface area contributed by atoms with Gasteiger partial charge in [0.05, 0.1) is 29.8 Å². The highest BCUT2D eigenvalue weighted by molar-refractivity contribution is 7.07. The number of rotatable bonds is 4. The standard InChI is InChI=1S/C10H14N4S/c1-2-9(11)10-3-12-6-14(10)4-8-5-15-7-13-8/h3,5-7,9H,2,4,11H2,1H3/t9-/m1/s1. The molecule has 0 fully saturated rings. The van der Waals surface area contributed by atoms with Crippen molar-refractivity contribution >= 4 is 11.3 Å². The first-order valence-corrected chi connectivity index (χ1v) is 5.88. The lowest BCUT2D eigenvalue weighted by Crippen LogP contribution is -2.14. The fourth-order valence-corrected chi connectivity index (χ4v) is 2.02. The Balaban J connectivity index is 2.18. The zero-order valence-corrected chi connectivity index (χ0v) is 9.44. The molecule has 2 aromatic heterocycles. The Bertz CT molecular complexity index is 407. The summed E-state index contributed by atoms with van der Waals surface area (Å²) in [6.45, 7) is 2.83. The maximum atomic E-state index is 5.99. The number of hydrogen-bond acceptors (Lipinski definition) is 4. The molecule has 2 rings (SSSR count). The van der Waals surface area contributed by atoms with Crippen molar-refractivity contribution < 1.29 is 0 Å². The maximum absolute atomic E-state index is 5.99. The Kier molecular flexibility index (Phi) is 3.13. The second kappa shape index (κ2) is 4.55. The van der Waals surface area contributed by atoms with Crippen LogP contribution in [-0.2, 0) is 6.54 Å². The molecular formula is C10H14N4S. The van der Waals surface area contributed by atoms with Crippen molar-refractivity contribution in [3.05, 3.63) is 34.8 Å². The molecule has 0 spiro atoms. The van der Waals surface area contributed by atoms with Crippen LogP contribution in [0.25, 0.3) is 0 Å². The summed E-state index contributed by atoms with van der Waals surface area (Å²) in [6.07, 6.45) is 4.56.